The van der Waals surface area contributed by atoms with Crippen LogP contribution in [0, 0.1) is 30.6 Å². The highest BCUT2D eigenvalue weighted by molar-refractivity contribution is 8.76. The van der Waals surface area contributed by atoms with Crippen LogP contribution in [0.2, 0.25) is 0 Å². The second-order valence-corrected chi connectivity index (χ2v) is 15.6. The van der Waals surface area contributed by atoms with Crippen molar-refractivity contribution in [2.75, 3.05) is 31.5 Å². The van der Waals surface area contributed by atoms with Crippen molar-refractivity contribution < 1.29 is 59.2 Å². The van der Waals surface area contributed by atoms with Crippen LogP contribution in [0.3, 0.4) is 0 Å². The third kappa shape index (κ3) is 6.20. The summed E-state index contributed by atoms with van der Waals surface area (Å²) in [5.41, 5.74) is -1.92. The molecule has 0 bridgehead atoms. The minimum absolute atomic E-state index is 0.0546. The molecule has 4 fully saturated rings. The van der Waals surface area contributed by atoms with Gasteiger partial charge < -0.3 is 49.6 Å². The molecule has 1 saturated carbocycles. The molecule has 12 nitrogen and oxygen atoms in total. The molecule has 258 valence electrons. The zero-order valence-corrected chi connectivity index (χ0v) is 27.9. The van der Waals surface area contributed by atoms with Gasteiger partial charge in [0.2, 0.25) is 6.29 Å². The van der Waals surface area contributed by atoms with E-state index in [4.69, 9.17) is 18.9 Å². The number of hydrogen-bond acceptors (Lipinski definition) is 13. The van der Waals surface area contributed by atoms with Crippen molar-refractivity contribution in [3.63, 3.8) is 0 Å². The van der Waals surface area contributed by atoms with Gasteiger partial charge in [-0.05, 0) is 68.9 Å². The van der Waals surface area contributed by atoms with Crippen molar-refractivity contribution in [3.05, 3.63) is 28.8 Å². The normalized spacial score (nSPS) is 34.7. The van der Waals surface area contributed by atoms with Crippen molar-refractivity contribution in [2.45, 2.75) is 76.2 Å². The second kappa shape index (κ2) is 13.9. The number of aliphatic hydroxyl groups is 3. The fraction of sp³-hybridized carbons (Fsp3) is 0.636. The van der Waals surface area contributed by atoms with Crippen LogP contribution in [0.5, 0.6) is 17.2 Å². The largest absolute Gasteiger partial charge is 0.507 e. The Morgan fingerprint density at radius 3 is 2.51 bits per heavy atom. The van der Waals surface area contributed by atoms with E-state index >= 15 is 0 Å². The summed E-state index contributed by atoms with van der Waals surface area (Å²) in [4.78, 5) is 24.4. The van der Waals surface area contributed by atoms with E-state index in [1.54, 1.807) is 10.8 Å². The van der Waals surface area contributed by atoms with Gasteiger partial charge in [0, 0.05) is 23.3 Å². The first-order valence-corrected chi connectivity index (χ1v) is 18.5. The number of carboxylic acid groups (broad SMARTS) is 1. The van der Waals surface area contributed by atoms with Gasteiger partial charge in [-0.3, -0.25) is 4.79 Å². The quantitative estimate of drug-likeness (QED) is 0.150. The molecule has 2 aromatic rings. The number of aliphatic hydroxyl groups excluding tert-OH is 3. The first-order valence-electron chi connectivity index (χ1n) is 16.0. The fourth-order valence-electron chi connectivity index (χ4n) is 8.35. The highest BCUT2D eigenvalue weighted by atomic mass is 33.1. The van der Waals surface area contributed by atoms with Crippen molar-refractivity contribution in [1.29, 1.82) is 0 Å². The number of phenols is 2. The summed E-state index contributed by atoms with van der Waals surface area (Å²) in [6.45, 7) is 3.52. The molecular weight excluding hydrogens is 652 g/mol. The zero-order valence-electron chi connectivity index (χ0n) is 26.3. The molecule has 0 aromatic heterocycles. The molecule has 9 atom stereocenters. The SMILES string of the molecule is CC(=O)c1c(C)c(O)c2cc(C(=O)O)cc(OC3OC(CO)C4(CCC5CCCC6COCC(CSSCO4)C56)C(O)C3O)c2c1O. The lowest BCUT2D eigenvalue weighted by Crippen LogP contribution is -2.69. The van der Waals surface area contributed by atoms with E-state index in [-0.39, 0.29) is 39.2 Å². The minimum atomic E-state index is -1.73. The maximum atomic E-state index is 12.4. The molecule has 47 heavy (non-hydrogen) atoms. The van der Waals surface area contributed by atoms with E-state index in [1.807, 2.05) is 0 Å². The summed E-state index contributed by atoms with van der Waals surface area (Å²) in [5.74, 6) is -0.410. The highest BCUT2D eigenvalue weighted by Crippen LogP contribution is 2.50. The molecule has 3 aliphatic heterocycles. The summed E-state index contributed by atoms with van der Waals surface area (Å²) >= 11 is 0. The van der Waals surface area contributed by atoms with Crippen LogP contribution in [0.25, 0.3) is 10.8 Å². The van der Waals surface area contributed by atoms with Gasteiger partial charge in [-0.2, -0.15) is 0 Å². The number of phenolic OH excluding ortho intramolecular Hbond substituents is 2. The molecule has 0 amide bonds. The number of fused-ring (bicyclic) bond motifs is 1. The molecule has 3 saturated heterocycles. The van der Waals surface area contributed by atoms with Crippen LogP contribution in [0.1, 0.15) is 65.3 Å². The number of aromatic hydroxyl groups is 2. The number of carboxylic acids is 1. The van der Waals surface area contributed by atoms with Gasteiger partial charge in [0.1, 0.15) is 47.1 Å². The lowest BCUT2D eigenvalue weighted by atomic mass is 9.63. The Kier molecular flexibility index (Phi) is 10.2. The summed E-state index contributed by atoms with van der Waals surface area (Å²) < 4.78 is 24.5. The highest BCUT2D eigenvalue weighted by Gasteiger charge is 2.58. The Morgan fingerprint density at radius 2 is 1.79 bits per heavy atom. The molecule has 1 aliphatic carbocycles. The molecule has 9 unspecified atom stereocenters. The maximum Gasteiger partial charge on any atom is 0.335 e. The molecule has 2 aromatic carbocycles. The van der Waals surface area contributed by atoms with Gasteiger partial charge in [-0.1, -0.05) is 34.4 Å². The molecule has 4 aliphatic rings. The van der Waals surface area contributed by atoms with E-state index in [0.29, 0.717) is 36.5 Å². The van der Waals surface area contributed by atoms with Gasteiger partial charge in [-0.15, -0.1) is 0 Å². The van der Waals surface area contributed by atoms with Gasteiger partial charge in [-0.25, -0.2) is 4.79 Å². The van der Waals surface area contributed by atoms with Crippen molar-refractivity contribution >= 4 is 44.1 Å². The smallest absolute Gasteiger partial charge is 0.335 e. The van der Waals surface area contributed by atoms with Crippen LogP contribution in [-0.4, -0.2) is 104 Å². The third-order valence-electron chi connectivity index (χ3n) is 10.6. The number of aromatic carboxylic acids is 1. The van der Waals surface area contributed by atoms with Gasteiger partial charge in [0.25, 0.3) is 0 Å². The zero-order chi connectivity index (χ0) is 33.6. The van der Waals surface area contributed by atoms with Crippen LogP contribution < -0.4 is 4.74 Å². The Morgan fingerprint density at radius 1 is 1.04 bits per heavy atom. The fourth-order valence-corrected chi connectivity index (χ4v) is 10.4. The van der Waals surface area contributed by atoms with Crippen LogP contribution in [-0.2, 0) is 14.2 Å². The number of carbonyl (C=O) groups is 2. The number of benzene rings is 2. The number of ketones is 1. The minimum Gasteiger partial charge on any atom is -0.507 e. The van der Waals surface area contributed by atoms with Gasteiger partial charge in [0.05, 0.1) is 29.7 Å². The van der Waals surface area contributed by atoms with E-state index in [0.717, 1.165) is 50.4 Å². The summed E-state index contributed by atoms with van der Waals surface area (Å²) in [5, 5.41) is 65.6. The van der Waals surface area contributed by atoms with E-state index in [2.05, 4.69) is 0 Å². The molecule has 6 rings (SSSR count). The number of Topliss-reactive ketones (excluding diaryl/α,β-unsaturated/α-hetero) is 1. The summed E-state index contributed by atoms with van der Waals surface area (Å²) in [6, 6.07) is 2.21. The average Bonchev–Trinajstić information content (AvgIpc) is 3.08. The molecule has 14 heteroatoms. The summed E-state index contributed by atoms with van der Waals surface area (Å²) in [6.07, 6.45) is -1.87. The van der Waals surface area contributed by atoms with Gasteiger partial charge >= 0.3 is 5.97 Å². The Hall–Kier alpha value is -2.30. The maximum absolute atomic E-state index is 12.4. The monoisotopic (exact) mass is 694 g/mol. The molecule has 1 spiro atoms. The average molecular weight is 695 g/mol. The first kappa shape index (κ1) is 34.6. The van der Waals surface area contributed by atoms with E-state index in [9.17, 15) is 40.2 Å². The number of ether oxygens (including phenoxy) is 4. The molecule has 0 radical (unpaired) electrons. The molecule has 6 N–H and O–H groups in total. The third-order valence-corrected chi connectivity index (χ3v) is 12.8. The molecule has 3 heterocycles. The van der Waals surface area contributed by atoms with E-state index < -0.39 is 60.1 Å². The number of rotatable bonds is 5. The number of carbonyl (C=O) groups excluding carboxylic acids is 1. The summed E-state index contributed by atoms with van der Waals surface area (Å²) in [7, 11) is 3.17. The van der Waals surface area contributed by atoms with Gasteiger partial charge in [0.15, 0.2) is 5.78 Å². The second-order valence-electron chi connectivity index (χ2n) is 13.2. The van der Waals surface area contributed by atoms with Crippen LogP contribution in [0.4, 0.5) is 0 Å². The predicted molar refractivity (Wildman–Crippen MR) is 174 cm³/mol. The number of hydrogen-bond donors (Lipinski definition) is 6. The van der Waals surface area contributed by atoms with Crippen LogP contribution in [0.15, 0.2) is 12.1 Å². The Labute approximate surface area is 280 Å². The molecular formula is C33H42O12S2. The first-order chi connectivity index (χ1) is 22.5. The topological polar surface area (TPSA) is 192 Å². The standard InChI is InChI=1S/C33H42O12S2/c1-15-24(16(2)35)28(37)26-21(27(15)36)8-19(31(40)41)9-22(26)44-32-29(38)30(39)33(23(10-34)45-32)7-6-17-4-3-5-18-11-42-12-20(25(17)18)13-46-47-14-43-33/h8-9,17-18,20,23,25,29-30,32,34,36-39H,3-7,10-14H2,1-2H3,(H,40,41). The lowest BCUT2D eigenvalue weighted by Gasteiger charge is -2.51. The Balaban J connectivity index is 1.34. The van der Waals surface area contributed by atoms with Crippen LogP contribution >= 0.6 is 21.6 Å². The van der Waals surface area contributed by atoms with Crippen molar-refractivity contribution in [2.24, 2.45) is 23.7 Å². The van der Waals surface area contributed by atoms with E-state index in [1.165, 1.54) is 24.6 Å². The lowest BCUT2D eigenvalue weighted by molar-refractivity contribution is -0.322. The predicted octanol–water partition coefficient (Wildman–Crippen LogP) is 3.85. The Bertz CT molecular complexity index is 1510. The van der Waals surface area contributed by atoms with Crippen molar-refractivity contribution in [1.82, 2.24) is 0 Å². The van der Waals surface area contributed by atoms with Crippen molar-refractivity contribution in [3.8, 4) is 17.2 Å².